The maximum atomic E-state index is 11.7. The number of nitrogens with one attached hydrogen (secondary N) is 2. The molecule has 0 aromatic rings. The number of hydrogen-bond donors (Lipinski definition) is 3. The summed E-state index contributed by atoms with van der Waals surface area (Å²) >= 11 is 0. The summed E-state index contributed by atoms with van der Waals surface area (Å²) in [4.78, 5) is 21.6. The van der Waals surface area contributed by atoms with Gasteiger partial charge in [-0.05, 0) is 27.2 Å². The van der Waals surface area contributed by atoms with Crippen LogP contribution < -0.4 is 16.3 Å². The first-order valence-corrected chi connectivity index (χ1v) is 9.53. The fraction of sp³-hybridized carbons (Fsp3) is 0.571. The molecule has 0 saturated carbocycles. The van der Waals surface area contributed by atoms with Crippen molar-refractivity contribution >= 4 is 18.3 Å². The van der Waals surface area contributed by atoms with Gasteiger partial charge >= 0.3 is 12.1 Å². The Hall–Kier alpha value is -2.95. The Balaban J connectivity index is -0.000000237. The van der Waals surface area contributed by atoms with Crippen molar-refractivity contribution in [2.75, 3.05) is 13.7 Å². The summed E-state index contributed by atoms with van der Waals surface area (Å²) in [6, 6.07) is 0. The Morgan fingerprint density at radius 3 is 2.07 bits per heavy atom. The molecule has 0 fully saturated rings. The normalized spacial score (nSPS) is 9.72. The van der Waals surface area contributed by atoms with Gasteiger partial charge in [-0.25, -0.2) is 15.4 Å². The largest absolute Gasteiger partial charge is 0.495 e. The molecule has 29 heavy (non-hydrogen) atoms. The molecule has 0 unspecified atom stereocenters. The summed E-state index contributed by atoms with van der Waals surface area (Å²) in [5, 5.41) is 4.86. The Morgan fingerprint density at radius 1 is 1.24 bits per heavy atom. The molecular weight excluding hydrogens is 374 g/mol. The highest BCUT2D eigenvalue weighted by Crippen LogP contribution is 2.14. The molecule has 168 valence electrons. The lowest BCUT2D eigenvalue weighted by molar-refractivity contribution is -0.463. The molecule has 0 radical (unpaired) electrons. The summed E-state index contributed by atoms with van der Waals surface area (Å²) in [6.45, 7) is 19.3. The highest BCUT2D eigenvalue weighted by Gasteiger charge is 2.21. The molecule has 0 bridgehead atoms. The van der Waals surface area contributed by atoms with Crippen LogP contribution in [-0.2, 0) is 19.0 Å². The van der Waals surface area contributed by atoms with Crippen molar-refractivity contribution in [3.8, 4) is 12.3 Å². The lowest BCUT2D eigenvalue weighted by Gasteiger charge is -2.23. The minimum atomic E-state index is -0.595. The molecular formula is C21H40N3O5+. The molecule has 0 rings (SSSR count). The van der Waals surface area contributed by atoms with E-state index in [4.69, 9.17) is 15.3 Å². The Kier molecular flexibility index (Phi) is 26.8. The molecule has 0 atom stereocenters. The number of hydrazine groups is 1. The number of carbonyl (C=O) groups excluding carboxylic acids is 2. The summed E-state index contributed by atoms with van der Waals surface area (Å²) < 4.78 is 14.5. The zero-order valence-corrected chi connectivity index (χ0v) is 19.5. The van der Waals surface area contributed by atoms with Gasteiger partial charge < -0.3 is 14.2 Å². The Morgan fingerprint density at radius 2 is 1.76 bits per heavy atom. The number of terminal acetylenes is 1. The first-order chi connectivity index (χ1) is 13.7. The molecule has 4 N–H and O–H groups in total. The van der Waals surface area contributed by atoms with E-state index in [2.05, 4.69) is 28.2 Å². The summed E-state index contributed by atoms with van der Waals surface area (Å²) in [7, 11) is 1.45. The first kappa shape index (κ1) is 33.6. The number of methoxy groups -OCH3 is 1. The molecule has 0 aliphatic rings. The minimum absolute atomic E-state index is 0.299. The third-order valence-corrected chi connectivity index (χ3v) is 2.74. The van der Waals surface area contributed by atoms with E-state index in [1.807, 2.05) is 48.5 Å². The van der Waals surface area contributed by atoms with Gasteiger partial charge in [-0.3, -0.25) is 5.32 Å². The SMILES string of the molecule is C#CC(=O)OCC.C=C(OC)/C(=C\C=[NH+]\N)NC(=O)OC(C)(C)CC.CC.CC. The molecule has 0 saturated heterocycles. The molecule has 1 amide bonds. The monoisotopic (exact) mass is 414 g/mol. The van der Waals surface area contributed by atoms with E-state index >= 15 is 0 Å². The highest BCUT2D eigenvalue weighted by atomic mass is 16.6. The van der Waals surface area contributed by atoms with Crippen LogP contribution in [0.4, 0.5) is 4.79 Å². The smallest absolute Gasteiger partial charge is 0.412 e. The maximum absolute atomic E-state index is 11.7. The van der Waals surface area contributed by atoms with Crippen LogP contribution in [0.2, 0.25) is 0 Å². The van der Waals surface area contributed by atoms with Crippen molar-refractivity contribution in [1.82, 2.24) is 5.32 Å². The number of allylic oxidation sites excluding steroid dienone is 1. The van der Waals surface area contributed by atoms with Gasteiger partial charge in [0.05, 0.1) is 19.4 Å². The number of alkyl carbamates (subject to hydrolysis) is 1. The van der Waals surface area contributed by atoms with E-state index in [0.29, 0.717) is 24.5 Å². The molecule has 8 heteroatoms. The van der Waals surface area contributed by atoms with Crippen molar-refractivity contribution in [2.24, 2.45) is 5.84 Å². The van der Waals surface area contributed by atoms with Gasteiger partial charge in [-0.2, -0.15) is 0 Å². The summed E-state index contributed by atoms with van der Waals surface area (Å²) in [6.07, 6.45) is 7.73. The van der Waals surface area contributed by atoms with Gasteiger partial charge in [-0.1, -0.05) is 41.2 Å². The van der Waals surface area contributed by atoms with Gasteiger partial charge in [0.25, 0.3) is 0 Å². The van der Waals surface area contributed by atoms with Gasteiger partial charge in [0, 0.05) is 12.0 Å². The average Bonchev–Trinajstić information content (AvgIpc) is 2.73. The summed E-state index contributed by atoms with van der Waals surface area (Å²) in [5.74, 6) is 6.62. The molecule has 0 heterocycles. The lowest BCUT2D eigenvalue weighted by Crippen LogP contribution is -2.76. The molecule has 0 aromatic heterocycles. The molecule has 0 aromatic carbocycles. The van der Waals surface area contributed by atoms with Crippen molar-refractivity contribution < 1.29 is 28.9 Å². The van der Waals surface area contributed by atoms with Gasteiger partial charge in [-0.15, -0.1) is 11.5 Å². The highest BCUT2D eigenvalue weighted by molar-refractivity contribution is 5.87. The lowest BCUT2D eigenvalue weighted by atomic mass is 10.1. The van der Waals surface area contributed by atoms with Crippen LogP contribution in [-0.4, -0.2) is 37.6 Å². The van der Waals surface area contributed by atoms with Gasteiger partial charge in [0.15, 0.2) is 6.21 Å². The van der Waals surface area contributed by atoms with Crippen LogP contribution in [0.25, 0.3) is 0 Å². The van der Waals surface area contributed by atoms with Crippen molar-refractivity contribution in [3.05, 3.63) is 24.1 Å². The number of rotatable bonds is 7. The van der Waals surface area contributed by atoms with E-state index in [0.717, 1.165) is 0 Å². The van der Waals surface area contributed by atoms with E-state index < -0.39 is 17.7 Å². The van der Waals surface area contributed by atoms with Crippen molar-refractivity contribution in [1.29, 1.82) is 0 Å². The maximum Gasteiger partial charge on any atom is 0.412 e. The van der Waals surface area contributed by atoms with E-state index in [-0.39, 0.29) is 0 Å². The van der Waals surface area contributed by atoms with Crippen LogP contribution in [0.3, 0.4) is 0 Å². The fourth-order valence-electron chi connectivity index (χ4n) is 1.08. The van der Waals surface area contributed by atoms with E-state index in [1.54, 1.807) is 12.8 Å². The van der Waals surface area contributed by atoms with Gasteiger partial charge in [0.1, 0.15) is 11.4 Å². The van der Waals surface area contributed by atoms with Crippen molar-refractivity contribution in [3.63, 3.8) is 0 Å². The van der Waals surface area contributed by atoms with Crippen LogP contribution in [0.15, 0.2) is 24.1 Å². The quantitative estimate of drug-likeness (QED) is 0.0860. The number of hydrazone groups is 1. The third-order valence-electron chi connectivity index (χ3n) is 2.74. The zero-order chi connectivity index (χ0) is 23.9. The average molecular weight is 415 g/mol. The third kappa shape index (κ3) is 23.0. The Bertz CT molecular complexity index is 547. The molecule has 0 aliphatic carbocycles. The number of amides is 1. The minimum Gasteiger partial charge on any atom is -0.495 e. The van der Waals surface area contributed by atoms with E-state index in [1.165, 1.54) is 19.4 Å². The fourth-order valence-corrected chi connectivity index (χ4v) is 1.08. The molecule has 8 nitrogen and oxygen atoms in total. The van der Waals surface area contributed by atoms with Crippen LogP contribution >= 0.6 is 0 Å². The molecule has 0 spiro atoms. The standard InChI is InChI=1S/C12H21N3O3.C5H6O2.2C2H6/c1-6-12(3,4)18-11(16)15-10(7-8-14-13)9(2)17-5;1-3-5(6)7-4-2;2*1-2/h7-8H,2,6,13H2,1,3-5H3,(H,15,16);1H,4H2,2H3;2*1-2H3/p+1/b10-7+,14-8+;;;. The Labute approximate surface area is 176 Å². The number of ether oxygens (including phenoxy) is 3. The first-order valence-electron chi connectivity index (χ1n) is 9.53. The van der Waals surface area contributed by atoms with Crippen LogP contribution in [0.1, 0.15) is 61.8 Å². The predicted molar refractivity (Wildman–Crippen MR) is 118 cm³/mol. The van der Waals surface area contributed by atoms with Gasteiger partial charge in [0.2, 0.25) is 0 Å². The number of nitrogens with two attached hydrogens (primary N) is 1. The molecule has 0 aliphatic heterocycles. The number of carbonyl (C=O) groups is 2. The van der Waals surface area contributed by atoms with E-state index in [9.17, 15) is 9.59 Å². The summed E-state index contributed by atoms with van der Waals surface area (Å²) in [5.41, 5.74) is -0.160. The van der Waals surface area contributed by atoms with Crippen molar-refractivity contribution in [2.45, 2.75) is 67.4 Å². The number of hydrogen-bond acceptors (Lipinski definition) is 6. The van der Waals surface area contributed by atoms with Crippen LogP contribution in [0.5, 0.6) is 0 Å². The second-order valence-corrected chi connectivity index (χ2v) is 5.03. The number of esters is 1. The zero-order valence-electron chi connectivity index (χ0n) is 19.5. The second kappa shape index (κ2) is 23.1. The topological polar surface area (TPSA) is 114 Å². The second-order valence-electron chi connectivity index (χ2n) is 5.03. The predicted octanol–water partition coefficient (Wildman–Crippen LogP) is 2.21. The van der Waals surface area contributed by atoms with Crippen LogP contribution in [0, 0.1) is 12.3 Å².